The second kappa shape index (κ2) is 7.18. The highest BCUT2D eigenvalue weighted by molar-refractivity contribution is 6.31. The van der Waals surface area contributed by atoms with Gasteiger partial charge in [-0.1, -0.05) is 48.0 Å². The largest absolute Gasteiger partial charge is 0.492 e. The molecule has 4 heteroatoms. The van der Waals surface area contributed by atoms with E-state index in [0.717, 1.165) is 34.9 Å². The molecule has 4 rings (SSSR count). The Kier molecular flexibility index (Phi) is 4.59. The number of hydrogen-bond acceptors (Lipinski definition) is 2. The van der Waals surface area contributed by atoms with Gasteiger partial charge in [-0.3, -0.25) is 0 Å². The number of rotatable bonds is 6. The molecule has 0 saturated heterocycles. The Hall–Kier alpha value is -2.49. The Morgan fingerprint density at radius 3 is 2.48 bits per heavy atom. The van der Waals surface area contributed by atoms with E-state index in [-0.39, 0.29) is 0 Å². The molecule has 126 valence electrons. The zero-order valence-corrected chi connectivity index (χ0v) is 14.5. The zero-order valence-electron chi connectivity index (χ0n) is 13.8. The second-order valence-electron chi connectivity index (χ2n) is 6.03. The molecule has 3 nitrogen and oxygen atoms in total. The number of aromatic nitrogens is 1. The van der Waals surface area contributed by atoms with E-state index in [9.17, 15) is 0 Å². The van der Waals surface area contributed by atoms with Gasteiger partial charge in [0.25, 0.3) is 0 Å². The van der Waals surface area contributed by atoms with Gasteiger partial charge in [-0.2, -0.15) is 0 Å². The van der Waals surface area contributed by atoms with Crippen LogP contribution in [0.4, 0.5) is 0 Å². The molecular weight excluding hydrogens is 332 g/mol. The molecule has 25 heavy (non-hydrogen) atoms. The summed E-state index contributed by atoms with van der Waals surface area (Å²) in [5.74, 6) is 0.867. The Balaban J connectivity index is 1.38. The van der Waals surface area contributed by atoms with E-state index in [2.05, 4.69) is 40.6 Å². The molecule has 0 amide bonds. The van der Waals surface area contributed by atoms with Gasteiger partial charge in [-0.05, 0) is 29.8 Å². The van der Waals surface area contributed by atoms with Crippen molar-refractivity contribution in [3.8, 4) is 5.75 Å². The standard InChI is InChI=1S/C21H19ClN2O/c22-16-6-8-18-19-9-7-17(13-21(19)24-20(18)12-16)25-11-10-23-14-15-4-2-1-3-5-15/h1-9,12-13,23-24H,10-11,14H2. The van der Waals surface area contributed by atoms with Crippen LogP contribution in [0.2, 0.25) is 5.02 Å². The first-order valence-electron chi connectivity index (χ1n) is 8.38. The summed E-state index contributed by atoms with van der Waals surface area (Å²) in [5.41, 5.74) is 3.39. The number of benzene rings is 3. The van der Waals surface area contributed by atoms with Crippen LogP contribution in [-0.4, -0.2) is 18.1 Å². The highest BCUT2D eigenvalue weighted by Crippen LogP contribution is 2.29. The van der Waals surface area contributed by atoms with E-state index in [4.69, 9.17) is 16.3 Å². The highest BCUT2D eigenvalue weighted by Gasteiger charge is 2.06. The molecule has 1 heterocycles. The smallest absolute Gasteiger partial charge is 0.121 e. The third-order valence-electron chi connectivity index (χ3n) is 4.25. The normalized spacial score (nSPS) is 11.2. The Labute approximate surface area is 151 Å². The van der Waals surface area contributed by atoms with Gasteiger partial charge >= 0.3 is 0 Å². The molecular formula is C21H19ClN2O. The maximum Gasteiger partial charge on any atom is 0.121 e. The van der Waals surface area contributed by atoms with Gasteiger partial charge in [-0.15, -0.1) is 0 Å². The van der Waals surface area contributed by atoms with Crippen LogP contribution in [-0.2, 0) is 6.54 Å². The second-order valence-corrected chi connectivity index (χ2v) is 6.47. The van der Waals surface area contributed by atoms with E-state index in [0.29, 0.717) is 6.61 Å². The van der Waals surface area contributed by atoms with Crippen LogP contribution < -0.4 is 10.1 Å². The molecule has 0 aliphatic heterocycles. The van der Waals surface area contributed by atoms with Crippen molar-refractivity contribution in [3.63, 3.8) is 0 Å². The molecule has 0 spiro atoms. The van der Waals surface area contributed by atoms with Crippen LogP contribution in [0.15, 0.2) is 66.7 Å². The van der Waals surface area contributed by atoms with Crippen molar-refractivity contribution >= 4 is 33.4 Å². The third-order valence-corrected chi connectivity index (χ3v) is 4.49. The van der Waals surface area contributed by atoms with Crippen LogP contribution in [0.5, 0.6) is 5.75 Å². The van der Waals surface area contributed by atoms with Crippen LogP contribution in [0.1, 0.15) is 5.56 Å². The molecule has 0 fully saturated rings. The first-order chi connectivity index (χ1) is 12.3. The first-order valence-corrected chi connectivity index (χ1v) is 8.76. The average molecular weight is 351 g/mol. The molecule has 0 atom stereocenters. The van der Waals surface area contributed by atoms with Gasteiger partial charge in [0.15, 0.2) is 0 Å². The monoisotopic (exact) mass is 350 g/mol. The molecule has 0 saturated carbocycles. The molecule has 0 bridgehead atoms. The fourth-order valence-electron chi connectivity index (χ4n) is 3.02. The summed E-state index contributed by atoms with van der Waals surface area (Å²) in [4.78, 5) is 3.40. The average Bonchev–Trinajstić information content (AvgIpc) is 2.98. The number of hydrogen-bond donors (Lipinski definition) is 2. The lowest BCUT2D eigenvalue weighted by Crippen LogP contribution is -2.20. The van der Waals surface area contributed by atoms with Crippen molar-refractivity contribution in [2.24, 2.45) is 0 Å². The summed E-state index contributed by atoms with van der Waals surface area (Å²) >= 11 is 6.07. The van der Waals surface area contributed by atoms with Gasteiger partial charge in [0.2, 0.25) is 0 Å². The minimum absolute atomic E-state index is 0.629. The summed E-state index contributed by atoms with van der Waals surface area (Å²) in [6.45, 7) is 2.28. The van der Waals surface area contributed by atoms with Crippen LogP contribution >= 0.6 is 11.6 Å². The van der Waals surface area contributed by atoms with E-state index < -0.39 is 0 Å². The van der Waals surface area contributed by atoms with Gasteiger partial charge in [0.05, 0.1) is 5.52 Å². The van der Waals surface area contributed by atoms with Gasteiger partial charge in [0, 0.05) is 40.5 Å². The molecule has 2 N–H and O–H groups in total. The van der Waals surface area contributed by atoms with E-state index >= 15 is 0 Å². The van der Waals surface area contributed by atoms with Crippen molar-refractivity contribution in [1.29, 1.82) is 0 Å². The van der Waals surface area contributed by atoms with Gasteiger partial charge in [0.1, 0.15) is 12.4 Å². The van der Waals surface area contributed by atoms with E-state index in [1.54, 1.807) is 0 Å². The predicted molar refractivity (Wildman–Crippen MR) is 104 cm³/mol. The quantitative estimate of drug-likeness (QED) is 0.472. The zero-order chi connectivity index (χ0) is 17.1. The van der Waals surface area contributed by atoms with Crippen molar-refractivity contribution in [3.05, 3.63) is 77.3 Å². The lowest BCUT2D eigenvalue weighted by Gasteiger charge is -2.08. The number of ether oxygens (including phenoxy) is 1. The van der Waals surface area contributed by atoms with E-state index in [1.165, 1.54) is 16.3 Å². The number of halogens is 1. The van der Waals surface area contributed by atoms with Crippen LogP contribution in [0.3, 0.4) is 0 Å². The number of fused-ring (bicyclic) bond motifs is 3. The highest BCUT2D eigenvalue weighted by atomic mass is 35.5. The Morgan fingerprint density at radius 1 is 0.880 bits per heavy atom. The summed E-state index contributed by atoms with van der Waals surface area (Å²) in [7, 11) is 0. The summed E-state index contributed by atoms with van der Waals surface area (Å²) in [5, 5.41) is 6.48. The fourth-order valence-corrected chi connectivity index (χ4v) is 3.19. The summed E-state index contributed by atoms with van der Waals surface area (Å²) in [6, 6.07) is 22.4. The Bertz CT molecular complexity index is 995. The minimum atomic E-state index is 0.629. The maximum atomic E-state index is 6.07. The topological polar surface area (TPSA) is 37.0 Å². The number of nitrogens with one attached hydrogen (secondary N) is 2. The van der Waals surface area contributed by atoms with Crippen LogP contribution in [0.25, 0.3) is 21.8 Å². The SMILES string of the molecule is Clc1ccc2c(c1)[nH]c1cc(OCCNCc3ccccc3)ccc12. The summed E-state index contributed by atoms with van der Waals surface area (Å²) in [6.07, 6.45) is 0. The lowest BCUT2D eigenvalue weighted by molar-refractivity contribution is 0.314. The van der Waals surface area contributed by atoms with E-state index in [1.807, 2.05) is 36.4 Å². The molecule has 0 aliphatic rings. The maximum absolute atomic E-state index is 6.07. The fraction of sp³-hybridized carbons (Fsp3) is 0.143. The van der Waals surface area contributed by atoms with Crippen molar-refractivity contribution < 1.29 is 4.74 Å². The van der Waals surface area contributed by atoms with Gasteiger partial charge < -0.3 is 15.0 Å². The van der Waals surface area contributed by atoms with Crippen molar-refractivity contribution in [1.82, 2.24) is 10.3 Å². The summed E-state index contributed by atoms with van der Waals surface area (Å²) < 4.78 is 5.86. The van der Waals surface area contributed by atoms with Crippen molar-refractivity contribution in [2.45, 2.75) is 6.54 Å². The van der Waals surface area contributed by atoms with Crippen LogP contribution in [0, 0.1) is 0 Å². The molecule has 1 aromatic heterocycles. The molecule has 0 unspecified atom stereocenters. The van der Waals surface area contributed by atoms with Crippen molar-refractivity contribution in [2.75, 3.05) is 13.2 Å². The molecule has 4 aromatic rings. The molecule has 0 aliphatic carbocycles. The number of aromatic amines is 1. The predicted octanol–water partition coefficient (Wildman–Crippen LogP) is 5.14. The minimum Gasteiger partial charge on any atom is -0.492 e. The van der Waals surface area contributed by atoms with Gasteiger partial charge in [-0.25, -0.2) is 0 Å². The molecule has 0 radical (unpaired) electrons. The number of H-pyrrole nitrogens is 1. The first kappa shape index (κ1) is 16.0. The molecule has 3 aromatic carbocycles. The third kappa shape index (κ3) is 3.63. The lowest BCUT2D eigenvalue weighted by atomic mass is 10.1. The Morgan fingerprint density at radius 2 is 1.64 bits per heavy atom.